The van der Waals surface area contributed by atoms with Crippen LogP contribution in [-0.2, 0) is 9.09 Å². The van der Waals surface area contributed by atoms with Crippen LogP contribution < -0.4 is 0 Å². The molecule has 0 unspecified atom stereocenters. The van der Waals surface area contributed by atoms with Crippen LogP contribution >= 0.6 is 7.37 Å². The van der Waals surface area contributed by atoms with Crippen LogP contribution in [-0.4, -0.2) is 18.4 Å². The summed E-state index contributed by atoms with van der Waals surface area (Å²) in [5.74, 6) is 0. The zero-order valence-corrected chi connectivity index (χ0v) is 9.97. The van der Waals surface area contributed by atoms with Gasteiger partial charge in [-0.2, -0.15) is 0 Å². The van der Waals surface area contributed by atoms with Crippen molar-refractivity contribution in [3.63, 3.8) is 0 Å². The van der Waals surface area contributed by atoms with Crippen LogP contribution in [0.3, 0.4) is 0 Å². The third-order valence-electron chi connectivity index (χ3n) is 3.95. The normalized spacial score (nSPS) is 26.1. The van der Waals surface area contributed by atoms with Gasteiger partial charge >= 0.3 is 0 Å². The minimum Gasteiger partial charge on any atom is -0.331 e. The van der Waals surface area contributed by atoms with E-state index in [2.05, 4.69) is 0 Å². The van der Waals surface area contributed by atoms with Crippen molar-refractivity contribution in [3.8, 4) is 0 Å². The molecule has 0 heterocycles. The Balaban J connectivity index is 2.10. The minimum atomic E-state index is -2.30. The van der Waals surface area contributed by atoms with Crippen LogP contribution in [0.25, 0.3) is 0 Å². The number of hydrogen-bond acceptors (Lipinski definition) is 2. The standard InChI is InChI=1S/C11H21O2P/c1-13-14(12,10-6-2-3-7-10)11-8-4-5-9-11/h10-11H,2-9H2,1H3. The largest absolute Gasteiger partial charge is 0.331 e. The Kier molecular flexibility index (Phi) is 3.34. The first-order valence-corrected chi connectivity index (χ1v) is 7.69. The van der Waals surface area contributed by atoms with E-state index in [1.807, 2.05) is 0 Å². The molecule has 0 aromatic rings. The average Bonchev–Trinajstić information content (AvgIpc) is 2.88. The monoisotopic (exact) mass is 216 g/mol. The molecular formula is C11H21O2P. The molecule has 0 aromatic heterocycles. The highest BCUT2D eigenvalue weighted by atomic mass is 31.2. The first-order chi connectivity index (χ1) is 6.77. The van der Waals surface area contributed by atoms with Crippen molar-refractivity contribution in [1.29, 1.82) is 0 Å². The molecule has 2 rings (SSSR count). The molecule has 0 spiro atoms. The number of rotatable bonds is 3. The fraction of sp³-hybridized carbons (Fsp3) is 1.00. The van der Waals surface area contributed by atoms with Gasteiger partial charge < -0.3 is 4.52 Å². The Morgan fingerprint density at radius 1 is 0.929 bits per heavy atom. The lowest BCUT2D eigenvalue weighted by molar-refractivity contribution is 0.371. The Bertz CT molecular complexity index is 207. The summed E-state index contributed by atoms with van der Waals surface area (Å²) in [7, 11) is -0.631. The Hall–Kier alpha value is 0.190. The van der Waals surface area contributed by atoms with Gasteiger partial charge in [0.25, 0.3) is 0 Å². The van der Waals surface area contributed by atoms with Gasteiger partial charge in [0.2, 0.25) is 7.37 Å². The van der Waals surface area contributed by atoms with E-state index in [0.717, 1.165) is 25.7 Å². The zero-order chi connectivity index (χ0) is 10.0. The predicted octanol–water partition coefficient (Wildman–Crippen LogP) is 3.80. The Labute approximate surface area is 86.9 Å². The van der Waals surface area contributed by atoms with Crippen LogP contribution in [0.15, 0.2) is 0 Å². The van der Waals surface area contributed by atoms with E-state index >= 15 is 0 Å². The summed E-state index contributed by atoms with van der Waals surface area (Å²) in [6.07, 6.45) is 9.58. The van der Waals surface area contributed by atoms with Gasteiger partial charge in [0.1, 0.15) is 0 Å². The SMILES string of the molecule is COP(=O)(C1CCCC1)C1CCCC1. The zero-order valence-electron chi connectivity index (χ0n) is 9.08. The third-order valence-corrected chi connectivity index (χ3v) is 7.59. The van der Waals surface area contributed by atoms with E-state index in [1.54, 1.807) is 7.11 Å². The molecule has 0 N–H and O–H groups in total. The van der Waals surface area contributed by atoms with Crippen molar-refractivity contribution >= 4 is 7.37 Å². The molecule has 2 aliphatic rings. The highest BCUT2D eigenvalue weighted by molar-refractivity contribution is 7.60. The maximum Gasteiger partial charge on any atom is 0.208 e. The fourth-order valence-electron chi connectivity index (χ4n) is 3.12. The molecule has 0 bridgehead atoms. The molecule has 0 amide bonds. The van der Waals surface area contributed by atoms with Gasteiger partial charge in [-0.1, -0.05) is 25.7 Å². The van der Waals surface area contributed by atoms with Crippen LogP contribution in [0, 0.1) is 0 Å². The van der Waals surface area contributed by atoms with E-state index in [4.69, 9.17) is 4.52 Å². The maximum absolute atomic E-state index is 12.8. The van der Waals surface area contributed by atoms with E-state index in [9.17, 15) is 4.57 Å². The minimum absolute atomic E-state index is 0.399. The molecule has 3 heteroatoms. The van der Waals surface area contributed by atoms with Crippen LogP contribution in [0.1, 0.15) is 51.4 Å². The van der Waals surface area contributed by atoms with E-state index in [-0.39, 0.29) is 0 Å². The molecule has 2 fully saturated rings. The molecule has 2 aliphatic carbocycles. The first kappa shape index (κ1) is 10.7. The summed E-state index contributed by atoms with van der Waals surface area (Å²) < 4.78 is 18.2. The molecule has 0 aromatic carbocycles. The lowest BCUT2D eigenvalue weighted by atomic mass is 10.4. The molecular weight excluding hydrogens is 195 g/mol. The molecule has 0 radical (unpaired) electrons. The van der Waals surface area contributed by atoms with Gasteiger partial charge in [0.05, 0.1) is 0 Å². The summed E-state index contributed by atoms with van der Waals surface area (Å²) >= 11 is 0. The molecule has 2 saturated carbocycles. The van der Waals surface area contributed by atoms with E-state index in [0.29, 0.717) is 11.3 Å². The third kappa shape index (κ3) is 1.79. The quantitative estimate of drug-likeness (QED) is 0.671. The molecule has 0 atom stereocenters. The van der Waals surface area contributed by atoms with Gasteiger partial charge in [-0.05, 0) is 25.7 Å². The van der Waals surface area contributed by atoms with Crippen LogP contribution in [0.2, 0.25) is 0 Å². The van der Waals surface area contributed by atoms with Gasteiger partial charge in [-0.25, -0.2) is 0 Å². The van der Waals surface area contributed by atoms with E-state index < -0.39 is 7.37 Å². The Morgan fingerprint density at radius 3 is 1.57 bits per heavy atom. The molecule has 14 heavy (non-hydrogen) atoms. The first-order valence-electron chi connectivity index (χ1n) is 5.92. The summed E-state index contributed by atoms with van der Waals surface area (Å²) in [6, 6.07) is 0. The predicted molar refractivity (Wildman–Crippen MR) is 59.1 cm³/mol. The second-order valence-electron chi connectivity index (χ2n) is 4.70. The van der Waals surface area contributed by atoms with Crippen molar-refractivity contribution < 1.29 is 9.09 Å². The summed E-state index contributed by atoms with van der Waals surface area (Å²) in [5.41, 5.74) is 0.797. The summed E-state index contributed by atoms with van der Waals surface area (Å²) in [5, 5.41) is 0. The number of hydrogen-bond donors (Lipinski definition) is 0. The molecule has 0 aliphatic heterocycles. The topological polar surface area (TPSA) is 26.3 Å². The van der Waals surface area contributed by atoms with Crippen molar-refractivity contribution in [1.82, 2.24) is 0 Å². The summed E-state index contributed by atoms with van der Waals surface area (Å²) in [4.78, 5) is 0. The lowest BCUT2D eigenvalue weighted by Gasteiger charge is -2.27. The van der Waals surface area contributed by atoms with Gasteiger partial charge in [-0.3, -0.25) is 4.57 Å². The average molecular weight is 216 g/mol. The van der Waals surface area contributed by atoms with Crippen molar-refractivity contribution in [2.75, 3.05) is 7.11 Å². The highest BCUT2D eigenvalue weighted by Gasteiger charge is 2.42. The fourth-order valence-corrected chi connectivity index (χ4v) is 6.49. The van der Waals surface area contributed by atoms with Crippen molar-refractivity contribution in [2.45, 2.75) is 62.7 Å². The van der Waals surface area contributed by atoms with Gasteiger partial charge in [-0.15, -0.1) is 0 Å². The second kappa shape index (κ2) is 4.37. The summed E-state index contributed by atoms with van der Waals surface area (Å²) in [6.45, 7) is 0. The van der Waals surface area contributed by atoms with Gasteiger partial charge in [0, 0.05) is 18.4 Å². The smallest absolute Gasteiger partial charge is 0.208 e. The molecule has 82 valence electrons. The van der Waals surface area contributed by atoms with Crippen LogP contribution in [0.4, 0.5) is 0 Å². The lowest BCUT2D eigenvalue weighted by Crippen LogP contribution is -2.15. The molecule has 0 saturated heterocycles. The van der Waals surface area contributed by atoms with Gasteiger partial charge in [0.15, 0.2) is 0 Å². The highest BCUT2D eigenvalue weighted by Crippen LogP contribution is 2.63. The van der Waals surface area contributed by atoms with Crippen molar-refractivity contribution in [2.24, 2.45) is 0 Å². The van der Waals surface area contributed by atoms with Crippen molar-refractivity contribution in [3.05, 3.63) is 0 Å². The van der Waals surface area contributed by atoms with E-state index in [1.165, 1.54) is 25.7 Å². The maximum atomic E-state index is 12.8. The Morgan fingerprint density at radius 2 is 1.29 bits per heavy atom. The molecule has 2 nitrogen and oxygen atoms in total. The van der Waals surface area contributed by atoms with Crippen LogP contribution in [0.5, 0.6) is 0 Å². The second-order valence-corrected chi connectivity index (χ2v) is 7.82.